The summed E-state index contributed by atoms with van der Waals surface area (Å²) in [4.78, 5) is 11.4. The number of nitrogens with zero attached hydrogens (tertiary/aromatic N) is 6. The first-order valence-electron chi connectivity index (χ1n) is 8.47. The SMILES string of the molecule is [C-]#[N+]/C(C#N)=C1\c2cc(-c3c(F)cc(F)cc3F)ccc2-c2nc(C#N)c(C#N)nc21. The van der Waals surface area contributed by atoms with E-state index in [1.54, 1.807) is 18.2 Å². The number of nitriles is 3. The van der Waals surface area contributed by atoms with Gasteiger partial charge in [0.25, 0.3) is 5.70 Å². The third kappa shape index (κ3) is 2.86. The summed E-state index contributed by atoms with van der Waals surface area (Å²) in [5, 5.41) is 27.9. The molecule has 2 aromatic carbocycles. The molecule has 0 unspecified atom stereocenters. The van der Waals surface area contributed by atoms with Crippen molar-refractivity contribution in [3.63, 3.8) is 0 Å². The van der Waals surface area contributed by atoms with Crippen LogP contribution in [-0.2, 0) is 0 Å². The van der Waals surface area contributed by atoms with Crippen LogP contribution in [-0.4, -0.2) is 9.97 Å². The van der Waals surface area contributed by atoms with Gasteiger partial charge in [0.2, 0.25) is 0 Å². The minimum absolute atomic E-state index is 0.0285. The lowest BCUT2D eigenvalue weighted by Gasteiger charge is -2.09. The van der Waals surface area contributed by atoms with Crippen LogP contribution in [0.25, 0.3) is 32.8 Å². The number of allylic oxidation sites excluding steroid dienone is 1. The topological polar surface area (TPSA) is 102 Å². The molecule has 0 fully saturated rings. The predicted octanol–water partition coefficient (Wildman–Crippen LogP) is 4.49. The van der Waals surface area contributed by atoms with Gasteiger partial charge in [0, 0.05) is 23.3 Å². The van der Waals surface area contributed by atoms with Crippen LogP contribution in [0.1, 0.15) is 22.6 Å². The monoisotopic (exact) mass is 410 g/mol. The molecule has 1 heterocycles. The molecule has 1 aliphatic carbocycles. The Morgan fingerprint density at radius 2 is 1.48 bits per heavy atom. The number of aromatic nitrogens is 2. The summed E-state index contributed by atoms with van der Waals surface area (Å²) in [5.41, 5.74) is -0.554. The zero-order chi connectivity index (χ0) is 22.3. The van der Waals surface area contributed by atoms with Crippen LogP contribution in [0.3, 0.4) is 0 Å². The fourth-order valence-electron chi connectivity index (χ4n) is 3.39. The quantitative estimate of drug-likeness (QED) is 0.340. The highest BCUT2D eigenvalue weighted by atomic mass is 19.1. The van der Waals surface area contributed by atoms with Gasteiger partial charge in [0.05, 0.1) is 29.6 Å². The maximum Gasteiger partial charge on any atom is 0.271 e. The van der Waals surface area contributed by atoms with Gasteiger partial charge in [-0.15, -0.1) is 0 Å². The zero-order valence-electron chi connectivity index (χ0n) is 15.2. The second-order valence-electron chi connectivity index (χ2n) is 6.29. The normalized spacial score (nSPS) is 12.6. The smallest absolute Gasteiger partial charge is 0.233 e. The van der Waals surface area contributed by atoms with Gasteiger partial charge in [0.1, 0.15) is 29.6 Å². The molecule has 0 radical (unpaired) electrons. The van der Waals surface area contributed by atoms with Crippen LogP contribution in [0.5, 0.6) is 0 Å². The Bertz CT molecular complexity index is 1470. The van der Waals surface area contributed by atoms with Crippen molar-refractivity contribution in [2.45, 2.75) is 0 Å². The molecule has 0 amide bonds. The highest BCUT2D eigenvalue weighted by Crippen LogP contribution is 2.46. The van der Waals surface area contributed by atoms with Gasteiger partial charge in [-0.25, -0.2) is 33.2 Å². The Kier molecular flexibility index (Phi) is 4.44. The Morgan fingerprint density at radius 1 is 0.871 bits per heavy atom. The summed E-state index contributed by atoms with van der Waals surface area (Å²) < 4.78 is 41.9. The Hall–Kier alpha value is -4.99. The molecule has 4 rings (SSSR count). The van der Waals surface area contributed by atoms with Gasteiger partial charge in [-0.3, -0.25) is 0 Å². The van der Waals surface area contributed by atoms with Gasteiger partial charge in [-0.1, -0.05) is 12.1 Å². The molecule has 0 N–H and O–H groups in total. The molecule has 9 heteroatoms. The first kappa shape index (κ1) is 19.3. The van der Waals surface area contributed by atoms with Crippen molar-refractivity contribution in [2.24, 2.45) is 0 Å². The van der Waals surface area contributed by atoms with Crippen molar-refractivity contribution in [1.82, 2.24) is 9.97 Å². The molecule has 0 saturated carbocycles. The number of benzene rings is 2. The van der Waals surface area contributed by atoms with Crippen LogP contribution < -0.4 is 0 Å². The fourth-order valence-corrected chi connectivity index (χ4v) is 3.39. The predicted molar refractivity (Wildman–Crippen MR) is 100 cm³/mol. The van der Waals surface area contributed by atoms with Gasteiger partial charge < -0.3 is 0 Å². The molecule has 3 aromatic rings. The average Bonchev–Trinajstić information content (AvgIpc) is 3.06. The number of hydrogen-bond donors (Lipinski definition) is 0. The van der Waals surface area contributed by atoms with Gasteiger partial charge in [-0.05, 0) is 17.2 Å². The van der Waals surface area contributed by atoms with Crippen LogP contribution >= 0.6 is 0 Å². The van der Waals surface area contributed by atoms with Gasteiger partial charge >= 0.3 is 0 Å². The minimum atomic E-state index is -1.13. The Labute approximate surface area is 173 Å². The lowest BCUT2D eigenvalue weighted by molar-refractivity contribution is 0.548. The summed E-state index contributed by atoms with van der Waals surface area (Å²) in [7, 11) is 0. The van der Waals surface area contributed by atoms with E-state index < -0.39 is 23.0 Å². The summed E-state index contributed by atoms with van der Waals surface area (Å²) in [6.45, 7) is 7.31. The molecule has 0 aliphatic heterocycles. The van der Waals surface area contributed by atoms with E-state index in [0.29, 0.717) is 17.7 Å². The molecule has 0 saturated heterocycles. The van der Waals surface area contributed by atoms with Crippen LogP contribution in [0.2, 0.25) is 0 Å². The molecule has 31 heavy (non-hydrogen) atoms. The average molecular weight is 410 g/mol. The molecular formula is C22H5F3N6. The van der Waals surface area contributed by atoms with Crippen molar-refractivity contribution in [3.05, 3.63) is 87.5 Å². The maximum absolute atomic E-state index is 14.3. The molecule has 144 valence electrons. The van der Waals surface area contributed by atoms with Crippen molar-refractivity contribution < 1.29 is 13.2 Å². The number of fused-ring (bicyclic) bond motifs is 3. The molecule has 1 aliphatic rings. The highest BCUT2D eigenvalue weighted by Gasteiger charge is 2.32. The number of halogens is 3. The van der Waals surface area contributed by atoms with Crippen molar-refractivity contribution in [1.29, 1.82) is 15.8 Å². The lowest BCUT2D eigenvalue weighted by atomic mass is 9.97. The van der Waals surface area contributed by atoms with E-state index in [-0.39, 0.29) is 45.2 Å². The highest BCUT2D eigenvalue weighted by molar-refractivity contribution is 6.02. The first-order chi connectivity index (χ1) is 14.9. The molecule has 0 spiro atoms. The Balaban J connectivity index is 2.07. The van der Waals surface area contributed by atoms with Gasteiger partial charge in [0.15, 0.2) is 11.4 Å². The largest absolute Gasteiger partial charge is 0.271 e. The first-order valence-corrected chi connectivity index (χ1v) is 8.47. The summed E-state index contributed by atoms with van der Waals surface area (Å²) in [6.07, 6.45) is 0. The van der Waals surface area contributed by atoms with E-state index in [1.807, 2.05) is 0 Å². The third-order valence-corrected chi connectivity index (χ3v) is 4.64. The molecule has 0 atom stereocenters. The summed E-state index contributed by atoms with van der Waals surface area (Å²) in [6, 6.07) is 10.5. The van der Waals surface area contributed by atoms with E-state index in [9.17, 15) is 29.0 Å². The molecule has 0 bridgehead atoms. The zero-order valence-corrected chi connectivity index (χ0v) is 15.2. The fraction of sp³-hybridized carbons (Fsp3) is 0. The lowest BCUT2D eigenvalue weighted by Crippen LogP contribution is -2.00. The van der Waals surface area contributed by atoms with Crippen molar-refractivity contribution in [3.8, 4) is 40.6 Å². The third-order valence-electron chi connectivity index (χ3n) is 4.64. The van der Waals surface area contributed by atoms with E-state index in [1.165, 1.54) is 18.2 Å². The van der Waals surface area contributed by atoms with E-state index >= 15 is 0 Å². The Morgan fingerprint density at radius 3 is 2.03 bits per heavy atom. The van der Waals surface area contributed by atoms with Crippen LogP contribution in [0.15, 0.2) is 36.0 Å². The van der Waals surface area contributed by atoms with Crippen LogP contribution in [0, 0.1) is 58.0 Å². The number of rotatable bonds is 1. The number of hydrogen-bond acceptors (Lipinski definition) is 5. The van der Waals surface area contributed by atoms with E-state index in [2.05, 4.69) is 14.8 Å². The summed E-state index contributed by atoms with van der Waals surface area (Å²) in [5.74, 6) is -3.33. The van der Waals surface area contributed by atoms with E-state index in [0.717, 1.165) is 0 Å². The second-order valence-corrected chi connectivity index (χ2v) is 6.29. The molecule has 1 aromatic heterocycles. The minimum Gasteiger partial charge on any atom is -0.233 e. The van der Waals surface area contributed by atoms with Crippen molar-refractivity contribution >= 4 is 5.57 Å². The van der Waals surface area contributed by atoms with Crippen LogP contribution in [0.4, 0.5) is 13.2 Å². The molecular weight excluding hydrogens is 405 g/mol. The van der Waals surface area contributed by atoms with Gasteiger partial charge in [-0.2, -0.15) is 10.5 Å². The summed E-state index contributed by atoms with van der Waals surface area (Å²) >= 11 is 0. The second kappa shape index (κ2) is 7.12. The molecule has 6 nitrogen and oxygen atoms in total. The standard InChI is InChI=1S/C22H5F3N6/c1-29-18(9-28)20-13-4-10(19-14(24)5-11(23)6-15(19)25)2-3-12(13)21-22(20)31-17(8-27)16(7-26)30-21/h2-6H/b20-18+. The van der Waals surface area contributed by atoms with Crippen molar-refractivity contribution in [2.75, 3.05) is 0 Å². The maximum atomic E-state index is 14.3. The van der Waals surface area contributed by atoms with E-state index in [4.69, 9.17) is 6.57 Å².